The second-order valence-corrected chi connectivity index (χ2v) is 3.64. The molecule has 0 aromatic heterocycles. The van der Waals surface area contributed by atoms with Gasteiger partial charge in [0.1, 0.15) is 0 Å². The van der Waals surface area contributed by atoms with Gasteiger partial charge in [-0.15, -0.1) is 12.6 Å². The molecule has 0 saturated carbocycles. The predicted octanol–water partition coefficient (Wildman–Crippen LogP) is 3.64. The maximum absolute atomic E-state index is 4.35. The van der Waals surface area contributed by atoms with Gasteiger partial charge in [0.15, 0.2) is 0 Å². The summed E-state index contributed by atoms with van der Waals surface area (Å²) in [5.41, 5.74) is 1.19. The lowest BCUT2D eigenvalue weighted by Crippen LogP contribution is -1.79. The van der Waals surface area contributed by atoms with E-state index in [0.29, 0.717) is 5.92 Å². The molecule has 0 amide bonds. The standard InChI is InChI=1S/C11H14S/c1-9(2)7-8-10-5-3-4-6-11(10)12/h3-9,12H,1-2H3/b8-7-. The molecule has 0 aliphatic heterocycles. The van der Waals surface area contributed by atoms with Crippen LogP contribution in [0.5, 0.6) is 0 Å². The van der Waals surface area contributed by atoms with E-state index in [0.717, 1.165) is 4.90 Å². The Bertz CT molecular complexity index is 274. The van der Waals surface area contributed by atoms with Crippen LogP contribution in [0, 0.1) is 5.92 Å². The molecule has 1 aromatic rings. The number of hydrogen-bond donors (Lipinski definition) is 1. The number of rotatable bonds is 2. The van der Waals surface area contributed by atoms with Crippen LogP contribution in [0.1, 0.15) is 19.4 Å². The van der Waals surface area contributed by atoms with Crippen LogP contribution in [-0.4, -0.2) is 0 Å². The first-order chi connectivity index (χ1) is 5.70. The van der Waals surface area contributed by atoms with Gasteiger partial charge in [-0.05, 0) is 17.5 Å². The summed E-state index contributed by atoms with van der Waals surface area (Å²) in [6.45, 7) is 4.33. The van der Waals surface area contributed by atoms with Crippen LogP contribution in [0.15, 0.2) is 35.2 Å². The number of thiol groups is 1. The van der Waals surface area contributed by atoms with Gasteiger partial charge in [0.2, 0.25) is 0 Å². The third-order valence-electron chi connectivity index (χ3n) is 1.60. The maximum atomic E-state index is 4.35. The van der Waals surface area contributed by atoms with E-state index in [1.54, 1.807) is 0 Å². The van der Waals surface area contributed by atoms with Gasteiger partial charge in [-0.2, -0.15) is 0 Å². The molecule has 1 heteroatoms. The van der Waals surface area contributed by atoms with E-state index in [-0.39, 0.29) is 0 Å². The molecule has 0 unspecified atom stereocenters. The van der Waals surface area contributed by atoms with Crippen molar-refractivity contribution in [1.82, 2.24) is 0 Å². The van der Waals surface area contributed by atoms with Gasteiger partial charge in [-0.1, -0.05) is 44.2 Å². The van der Waals surface area contributed by atoms with Crippen molar-refractivity contribution in [3.8, 4) is 0 Å². The van der Waals surface area contributed by atoms with Gasteiger partial charge in [-0.3, -0.25) is 0 Å². The van der Waals surface area contributed by atoms with Gasteiger partial charge >= 0.3 is 0 Å². The first kappa shape index (κ1) is 9.40. The molecule has 12 heavy (non-hydrogen) atoms. The highest BCUT2D eigenvalue weighted by Gasteiger charge is 1.91. The number of hydrogen-bond acceptors (Lipinski definition) is 1. The molecule has 0 aliphatic carbocycles. The van der Waals surface area contributed by atoms with E-state index in [9.17, 15) is 0 Å². The quantitative estimate of drug-likeness (QED) is 0.657. The van der Waals surface area contributed by atoms with Crippen molar-refractivity contribution in [1.29, 1.82) is 0 Å². The summed E-state index contributed by atoms with van der Waals surface area (Å²) in [6, 6.07) is 8.10. The maximum Gasteiger partial charge on any atom is 0.0112 e. The van der Waals surface area contributed by atoms with Crippen LogP contribution in [0.2, 0.25) is 0 Å². The fourth-order valence-corrected chi connectivity index (χ4v) is 1.16. The number of benzene rings is 1. The average Bonchev–Trinajstić information content (AvgIpc) is 2.03. The van der Waals surface area contributed by atoms with Crippen molar-refractivity contribution < 1.29 is 0 Å². The van der Waals surface area contributed by atoms with Crippen molar-refractivity contribution in [2.24, 2.45) is 5.92 Å². The lowest BCUT2D eigenvalue weighted by atomic mass is 10.1. The van der Waals surface area contributed by atoms with E-state index in [1.165, 1.54) is 5.56 Å². The highest BCUT2D eigenvalue weighted by molar-refractivity contribution is 7.80. The molecule has 0 aliphatic rings. The van der Waals surface area contributed by atoms with Crippen molar-refractivity contribution >= 4 is 18.7 Å². The lowest BCUT2D eigenvalue weighted by molar-refractivity contribution is 0.836. The highest BCUT2D eigenvalue weighted by Crippen LogP contribution is 2.15. The normalized spacial score (nSPS) is 11.3. The molecule has 0 radical (unpaired) electrons. The van der Waals surface area contributed by atoms with Crippen molar-refractivity contribution in [2.45, 2.75) is 18.7 Å². The van der Waals surface area contributed by atoms with Crippen molar-refractivity contribution in [3.05, 3.63) is 35.9 Å². The second kappa shape index (κ2) is 4.36. The summed E-state index contributed by atoms with van der Waals surface area (Å²) >= 11 is 4.35. The monoisotopic (exact) mass is 178 g/mol. The Morgan fingerprint density at radius 1 is 1.25 bits per heavy atom. The molecule has 0 atom stereocenters. The molecule has 0 fully saturated rings. The molecule has 0 nitrogen and oxygen atoms in total. The van der Waals surface area contributed by atoms with Gasteiger partial charge in [0.25, 0.3) is 0 Å². The molecule has 64 valence electrons. The molecule has 0 heterocycles. The van der Waals surface area contributed by atoms with Crippen molar-refractivity contribution in [3.63, 3.8) is 0 Å². The summed E-state index contributed by atoms with van der Waals surface area (Å²) in [5, 5.41) is 0. The van der Waals surface area contributed by atoms with Crippen LogP contribution in [0.25, 0.3) is 6.08 Å². The summed E-state index contributed by atoms with van der Waals surface area (Å²) in [5.74, 6) is 0.595. The van der Waals surface area contributed by atoms with E-state index in [4.69, 9.17) is 0 Å². The zero-order chi connectivity index (χ0) is 8.97. The smallest absolute Gasteiger partial charge is 0.0112 e. The van der Waals surface area contributed by atoms with E-state index >= 15 is 0 Å². The molecular formula is C11H14S. The number of allylic oxidation sites excluding steroid dienone is 1. The molecule has 0 N–H and O–H groups in total. The molecular weight excluding hydrogens is 164 g/mol. The summed E-state index contributed by atoms with van der Waals surface area (Å²) in [4.78, 5) is 1.04. The molecule has 0 saturated heterocycles. The Morgan fingerprint density at radius 2 is 1.92 bits per heavy atom. The third-order valence-corrected chi connectivity index (χ3v) is 2.00. The molecule has 1 aromatic carbocycles. The minimum absolute atomic E-state index is 0.595. The molecule has 1 rings (SSSR count). The summed E-state index contributed by atoms with van der Waals surface area (Å²) in [6.07, 6.45) is 4.29. The minimum atomic E-state index is 0.595. The highest BCUT2D eigenvalue weighted by atomic mass is 32.1. The van der Waals surface area contributed by atoms with Gasteiger partial charge < -0.3 is 0 Å². The lowest BCUT2D eigenvalue weighted by Gasteiger charge is -1.98. The Labute approximate surface area is 79.7 Å². The van der Waals surface area contributed by atoms with Gasteiger partial charge in [0, 0.05) is 4.90 Å². The topological polar surface area (TPSA) is 0 Å². The fourth-order valence-electron chi connectivity index (χ4n) is 0.925. The van der Waals surface area contributed by atoms with Crippen LogP contribution in [0.4, 0.5) is 0 Å². The Kier molecular flexibility index (Phi) is 3.42. The van der Waals surface area contributed by atoms with E-state index in [2.05, 4.69) is 44.7 Å². The first-order valence-corrected chi connectivity index (χ1v) is 4.61. The average molecular weight is 178 g/mol. The summed E-state index contributed by atoms with van der Waals surface area (Å²) in [7, 11) is 0. The first-order valence-electron chi connectivity index (χ1n) is 4.16. The fraction of sp³-hybridized carbons (Fsp3) is 0.273. The Morgan fingerprint density at radius 3 is 2.50 bits per heavy atom. The zero-order valence-electron chi connectivity index (χ0n) is 7.49. The van der Waals surface area contributed by atoms with Crippen LogP contribution < -0.4 is 0 Å². The van der Waals surface area contributed by atoms with E-state index < -0.39 is 0 Å². The minimum Gasteiger partial charge on any atom is -0.143 e. The van der Waals surface area contributed by atoms with Crippen LogP contribution in [0.3, 0.4) is 0 Å². The molecule has 0 spiro atoms. The van der Waals surface area contributed by atoms with Crippen molar-refractivity contribution in [2.75, 3.05) is 0 Å². The SMILES string of the molecule is CC(C)/C=C\c1ccccc1S. The predicted molar refractivity (Wildman–Crippen MR) is 57.6 cm³/mol. The third kappa shape index (κ3) is 2.74. The van der Waals surface area contributed by atoms with Gasteiger partial charge in [0.05, 0.1) is 0 Å². The Hall–Kier alpha value is -0.690. The zero-order valence-corrected chi connectivity index (χ0v) is 8.38. The van der Waals surface area contributed by atoms with Crippen LogP contribution in [-0.2, 0) is 0 Å². The molecule has 0 bridgehead atoms. The second-order valence-electron chi connectivity index (χ2n) is 3.16. The van der Waals surface area contributed by atoms with Gasteiger partial charge in [-0.25, -0.2) is 0 Å². The van der Waals surface area contributed by atoms with Crippen LogP contribution >= 0.6 is 12.6 Å². The van der Waals surface area contributed by atoms with E-state index in [1.807, 2.05) is 18.2 Å². The Balaban J connectivity index is 2.82. The summed E-state index contributed by atoms with van der Waals surface area (Å²) < 4.78 is 0. The largest absolute Gasteiger partial charge is 0.143 e.